The molecule has 1 saturated carbocycles. The molecular formula is C11H18N2O3. The molecule has 90 valence electrons. The molecule has 0 atom stereocenters. The number of imide groups is 1. The lowest BCUT2D eigenvalue weighted by Crippen LogP contribution is -2.44. The molecule has 1 aliphatic heterocycles. The Bertz CT molecular complexity index is 298. The molecule has 5 heteroatoms. The van der Waals surface area contributed by atoms with Crippen LogP contribution in [0.4, 0.5) is 4.79 Å². The Morgan fingerprint density at radius 1 is 1.25 bits per heavy atom. The van der Waals surface area contributed by atoms with Crippen molar-refractivity contribution in [3.63, 3.8) is 0 Å². The lowest BCUT2D eigenvalue weighted by molar-refractivity contribution is -0.131. The number of urea groups is 1. The molecule has 0 aromatic heterocycles. The van der Waals surface area contributed by atoms with Gasteiger partial charge >= 0.3 is 6.03 Å². The standard InChI is InChI=1S/C11H18N2O3/c14-8-4-3-7-13-9(15)11(12-10(13)16)5-1-2-6-11/h14H,1-8H2,(H,12,16). The summed E-state index contributed by atoms with van der Waals surface area (Å²) in [5, 5.41) is 11.5. The van der Waals surface area contributed by atoms with Crippen LogP contribution in [0.2, 0.25) is 0 Å². The van der Waals surface area contributed by atoms with Gasteiger partial charge in [0.15, 0.2) is 0 Å². The number of hydrogen-bond donors (Lipinski definition) is 2. The first kappa shape index (κ1) is 11.4. The molecule has 1 aliphatic carbocycles. The van der Waals surface area contributed by atoms with E-state index in [0.29, 0.717) is 19.4 Å². The Hall–Kier alpha value is -1.10. The molecule has 0 unspecified atom stereocenters. The van der Waals surface area contributed by atoms with Crippen molar-refractivity contribution in [2.24, 2.45) is 0 Å². The van der Waals surface area contributed by atoms with E-state index in [1.807, 2.05) is 0 Å². The normalized spacial score (nSPS) is 23.2. The van der Waals surface area contributed by atoms with Gasteiger partial charge in [-0.3, -0.25) is 9.69 Å². The number of rotatable bonds is 4. The third-order valence-corrected chi connectivity index (χ3v) is 3.49. The fourth-order valence-electron chi connectivity index (χ4n) is 2.58. The van der Waals surface area contributed by atoms with Gasteiger partial charge in [-0.1, -0.05) is 12.8 Å². The highest BCUT2D eigenvalue weighted by atomic mass is 16.3. The number of carbonyl (C=O) groups is 2. The highest BCUT2D eigenvalue weighted by molar-refractivity contribution is 6.07. The fraction of sp³-hybridized carbons (Fsp3) is 0.818. The molecule has 2 fully saturated rings. The van der Waals surface area contributed by atoms with E-state index in [1.54, 1.807) is 0 Å². The van der Waals surface area contributed by atoms with E-state index in [-0.39, 0.29) is 18.5 Å². The van der Waals surface area contributed by atoms with Crippen LogP contribution in [0.25, 0.3) is 0 Å². The molecule has 1 spiro atoms. The summed E-state index contributed by atoms with van der Waals surface area (Å²) < 4.78 is 0. The van der Waals surface area contributed by atoms with E-state index >= 15 is 0 Å². The SMILES string of the molecule is O=C1NC2(CCCC2)C(=O)N1CCCCO. The van der Waals surface area contributed by atoms with Crippen molar-refractivity contribution in [1.29, 1.82) is 0 Å². The quantitative estimate of drug-likeness (QED) is 0.545. The Kier molecular flexibility index (Phi) is 3.14. The van der Waals surface area contributed by atoms with Crippen LogP contribution < -0.4 is 5.32 Å². The predicted molar refractivity (Wildman–Crippen MR) is 57.8 cm³/mol. The molecule has 0 bridgehead atoms. The Balaban J connectivity index is 1.99. The van der Waals surface area contributed by atoms with Crippen LogP contribution in [-0.4, -0.2) is 40.6 Å². The van der Waals surface area contributed by atoms with E-state index < -0.39 is 5.54 Å². The number of carbonyl (C=O) groups excluding carboxylic acids is 2. The summed E-state index contributed by atoms with van der Waals surface area (Å²) in [5.41, 5.74) is -0.587. The number of unbranched alkanes of at least 4 members (excludes halogenated alkanes) is 1. The molecule has 2 N–H and O–H groups in total. The number of aliphatic hydroxyl groups is 1. The Morgan fingerprint density at radius 2 is 1.94 bits per heavy atom. The van der Waals surface area contributed by atoms with Crippen molar-refractivity contribution in [2.75, 3.05) is 13.2 Å². The molecule has 16 heavy (non-hydrogen) atoms. The maximum atomic E-state index is 12.1. The van der Waals surface area contributed by atoms with E-state index in [9.17, 15) is 9.59 Å². The zero-order chi connectivity index (χ0) is 11.6. The largest absolute Gasteiger partial charge is 0.396 e. The van der Waals surface area contributed by atoms with Gasteiger partial charge in [0.25, 0.3) is 5.91 Å². The van der Waals surface area contributed by atoms with Gasteiger partial charge in [0.05, 0.1) is 0 Å². The number of nitrogens with zero attached hydrogens (tertiary/aromatic N) is 1. The number of aliphatic hydroxyl groups excluding tert-OH is 1. The van der Waals surface area contributed by atoms with Gasteiger partial charge in [0.2, 0.25) is 0 Å². The second kappa shape index (κ2) is 4.41. The van der Waals surface area contributed by atoms with Crippen LogP contribution in [0.3, 0.4) is 0 Å². The molecule has 1 saturated heterocycles. The van der Waals surface area contributed by atoms with Crippen molar-refractivity contribution >= 4 is 11.9 Å². The first-order valence-electron chi connectivity index (χ1n) is 5.95. The van der Waals surface area contributed by atoms with Crippen molar-refractivity contribution in [1.82, 2.24) is 10.2 Å². The van der Waals surface area contributed by atoms with Gasteiger partial charge in [-0.2, -0.15) is 0 Å². The minimum absolute atomic E-state index is 0.0621. The third kappa shape index (κ3) is 1.80. The lowest BCUT2D eigenvalue weighted by Gasteiger charge is -2.19. The summed E-state index contributed by atoms with van der Waals surface area (Å²) >= 11 is 0. The van der Waals surface area contributed by atoms with Crippen LogP contribution >= 0.6 is 0 Å². The van der Waals surface area contributed by atoms with Crippen molar-refractivity contribution in [3.8, 4) is 0 Å². The van der Waals surface area contributed by atoms with Crippen LogP contribution in [0.1, 0.15) is 38.5 Å². The molecule has 0 aromatic rings. The number of amides is 3. The number of hydrogen-bond acceptors (Lipinski definition) is 3. The topological polar surface area (TPSA) is 69.6 Å². The van der Waals surface area contributed by atoms with Crippen LogP contribution in [0.5, 0.6) is 0 Å². The molecule has 0 aromatic carbocycles. The van der Waals surface area contributed by atoms with Gasteiger partial charge < -0.3 is 10.4 Å². The highest BCUT2D eigenvalue weighted by Gasteiger charge is 2.51. The van der Waals surface area contributed by atoms with Crippen molar-refractivity contribution < 1.29 is 14.7 Å². The van der Waals surface area contributed by atoms with E-state index in [4.69, 9.17) is 5.11 Å². The monoisotopic (exact) mass is 226 g/mol. The predicted octanol–water partition coefficient (Wildman–Crippen LogP) is 0.623. The zero-order valence-corrected chi connectivity index (χ0v) is 9.37. The van der Waals surface area contributed by atoms with E-state index in [1.165, 1.54) is 4.90 Å². The van der Waals surface area contributed by atoms with Crippen LogP contribution in [0, 0.1) is 0 Å². The maximum absolute atomic E-state index is 12.1. The first-order chi connectivity index (χ1) is 7.69. The van der Waals surface area contributed by atoms with Gasteiger partial charge in [-0.05, 0) is 25.7 Å². The fourth-order valence-corrected chi connectivity index (χ4v) is 2.58. The van der Waals surface area contributed by atoms with E-state index in [0.717, 1.165) is 25.7 Å². The molecule has 1 heterocycles. The third-order valence-electron chi connectivity index (χ3n) is 3.49. The highest BCUT2D eigenvalue weighted by Crippen LogP contribution is 2.34. The lowest BCUT2D eigenvalue weighted by atomic mass is 9.98. The molecule has 2 rings (SSSR count). The van der Waals surface area contributed by atoms with Crippen molar-refractivity contribution in [2.45, 2.75) is 44.1 Å². The smallest absolute Gasteiger partial charge is 0.325 e. The average molecular weight is 226 g/mol. The molecule has 3 amide bonds. The summed E-state index contributed by atoms with van der Waals surface area (Å²) in [6.07, 6.45) is 4.87. The summed E-state index contributed by atoms with van der Waals surface area (Å²) in [7, 11) is 0. The Morgan fingerprint density at radius 3 is 2.56 bits per heavy atom. The second-order valence-electron chi connectivity index (χ2n) is 4.61. The van der Waals surface area contributed by atoms with Gasteiger partial charge in [-0.15, -0.1) is 0 Å². The van der Waals surface area contributed by atoms with Crippen LogP contribution in [-0.2, 0) is 4.79 Å². The molecule has 5 nitrogen and oxygen atoms in total. The second-order valence-corrected chi connectivity index (χ2v) is 4.61. The van der Waals surface area contributed by atoms with Gasteiger partial charge in [0.1, 0.15) is 5.54 Å². The van der Waals surface area contributed by atoms with Gasteiger partial charge in [-0.25, -0.2) is 4.79 Å². The molecule has 2 aliphatic rings. The summed E-state index contributed by atoms with van der Waals surface area (Å²) in [6, 6.07) is -0.259. The maximum Gasteiger partial charge on any atom is 0.325 e. The summed E-state index contributed by atoms with van der Waals surface area (Å²) in [4.78, 5) is 25.1. The minimum atomic E-state index is -0.587. The van der Waals surface area contributed by atoms with Gasteiger partial charge in [0, 0.05) is 13.2 Å². The zero-order valence-electron chi connectivity index (χ0n) is 9.37. The summed E-state index contributed by atoms with van der Waals surface area (Å²) in [6.45, 7) is 0.530. The van der Waals surface area contributed by atoms with E-state index in [2.05, 4.69) is 5.32 Å². The van der Waals surface area contributed by atoms with Crippen LogP contribution in [0.15, 0.2) is 0 Å². The molecule has 0 radical (unpaired) electrons. The first-order valence-corrected chi connectivity index (χ1v) is 5.95. The Labute approximate surface area is 94.8 Å². The minimum Gasteiger partial charge on any atom is -0.396 e. The average Bonchev–Trinajstić information content (AvgIpc) is 2.80. The number of nitrogens with one attached hydrogen (secondary N) is 1. The van der Waals surface area contributed by atoms with Crippen molar-refractivity contribution in [3.05, 3.63) is 0 Å². The summed E-state index contributed by atoms with van der Waals surface area (Å²) in [5.74, 6) is -0.0621. The molecular weight excluding hydrogens is 208 g/mol.